The largest absolute Gasteiger partial charge is 0.465 e. The van der Waals surface area contributed by atoms with Crippen LogP contribution in [0.5, 0.6) is 0 Å². The molecule has 2 amide bonds. The lowest BCUT2D eigenvalue weighted by Crippen LogP contribution is -2.54. The predicted octanol–water partition coefficient (Wildman–Crippen LogP) is 4.84. The molecule has 224 valence electrons. The van der Waals surface area contributed by atoms with Gasteiger partial charge in [0.15, 0.2) is 0 Å². The highest BCUT2D eigenvalue weighted by Crippen LogP contribution is 2.68. The van der Waals surface area contributed by atoms with Crippen LogP contribution >= 0.6 is 0 Å². The number of hydrogen-bond acceptors (Lipinski definition) is 5. The van der Waals surface area contributed by atoms with Gasteiger partial charge in [-0.2, -0.15) is 0 Å². The van der Waals surface area contributed by atoms with E-state index in [-0.39, 0.29) is 18.6 Å². The lowest BCUT2D eigenvalue weighted by atomic mass is 9.44. The first-order chi connectivity index (χ1) is 18.6. The van der Waals surface area contributed by atoms with Crippen molar-refractivity contribution in [3.8, 4) is 0 Å². The van der Waals surface area contributed by atoms with E-state index in [1.807, 2.05) is 0 Å². The maximum absolute atomic E-state index is 12.5. The number of carbonyl (C=O) groups is 2. The first kappa shape index (κ1) is 30.6. The number of fused-ring (bicyclic) bond motifs is 5. The summed E-state index contributed by atoms with van der Waals surface area (Å²) >= 11 is 0. The Hall–Kier alpha value is -1.38. The van der Waals surface area contributed by atoms with Gasteiger partial charge < -0.3 is 30.3 Å². The van der Waals surface area contributed by atoms with Gasteiger partial charge in [0.05, 0.1) is 32.5 Å². The van der Waals surface area contributed by atoms with E-state index >= 15 is 0 Å². The molecule has 8 nitrogen and oxygen atoms in total. The van der Waals surface area contributed by atoms with Gasteiger partial charge >= 0.3 is 6.09 Å². The number of carboxylic acid groups (broad SMARTS) is 1. The molecular formula is C31H54N2O6. The molecule has 0 bridgehead atoms. The SMILES string of the molecule is C[C@H](CCC(=O)NCCOCCOCCNC(=O)O)[C@H]1CC[C@H]2[C@@H]3CC[C@@H]4C[C@H](O)CC[C@]4(C)[C@H]3CC[C@]12C. The minimum absolute atomic E-state index is 0.0736. The summed E-state index contributed by atoms with van der Waals surface area (Å²) in [7, 11) is 0. The van der Waals surface area contributed by atoms with E-state index < -0.39 is 6.09 Å². The highest BCUT2D eigenvalue weighted by Gasteiger charge is 2.60. The van der Waals surface area contributed by atoms with Gasteiger partial charge in [-0.3, -0.25) is 4.79 Å². The molecule has 0 radical (unpaired) electrons. The van der Waals surface area contributed by atoms with Crippen LogP contribution in [0.25, 0.3) is 0 Å². The molecule has 0 aromatic heterocycles. The van der Waals surface area contributed by atoms with Crippen LogP contribution in [-0.4, -0.2) is 67.8 Å². The average molecular weight is 551 g/mol. The smallest absolute Gasteiger partial charge is 0.404 e. The number of ether oxygens (including phenoxy) is 2. The van der Waals surface area contributed by atoms with E-state index in [0.29, 0.717) is 68.0 Å². The molecule has 8 heteroatoms. The molecule has 0 heterocycles. The van der Waals surface area contributed by atoms with Crippen LogP contribution in [0.15, 0.2) is 0 Å². The number of aliphatic hydroxyl groups excluding tert-OH is 1. The molecule has 0 aromatic carbocycles. The van der Waals surface area contributed by atoms with Gasteiger partial charge in [-0.1, -0.05) is 20.8 Å². The van der Waals surface area contributed by atoms with Crippen LogP contribution in [0.3, 0.4) is 0 Å². The van der Waals surface area contributed by atoms with Gasteiger partial charge in [0.1, 0.15) is 0 Å². The van der Waals surface area contributed by atoms with E-state index in [0.717, 1.165) is 37.0 Å². The fourth-order valence-electron chi connectivity index (χ4n) is 9.67. The third-order valence-corrected chi connectivity index (χ3v) is 11.7. The van der Waals surface area contributed by atoms with Gasteiger partial charge in [0.25, 0.3) is 0 Å². The van der Waals surface area contributed by atoms with Gasteiger partial charge in [0, 0.05) is 19.5 Å². The number of aliphatic hydroxyl groups is 1. The van der Waals surface area contributed by atoms with Crippen molar-refractivity contribution in [3.05, 3.63) is 0 Å². The van der Waals surface area contributed by atoms with Crippen LogP contribution in [0.2, 0.25) is 0 Å². The van der Waals surface area contributed by atoms with Crippen LogP contribution in [-0.2, 0) is 14.3 Å². The molecule has 4 aliphatic rings. The first-order valence-electron chi connectivity index (χ1n) is 15.7. The van der Waals surface area contributed by atoms with Crippen molar-refractivity contribution in [2.24, 2.45) is 46.3 Å². The second-order valence-electron chi connectivity index (χ2n) is 13.6. The van der Waals surface area contributed by atoms with Crippen molar-refractivity contribution in [1.29, 1.82) is 0 Å². The summed E-state index contributed by atoms with van der Waals surface area (Å²) in [5, 5.41) is 24.0. The van der Waals surface area contributed by atoms with Crippen molar-refractivity contribution in [1.82, 2.24) is 10.6 Å². The fourth-order valence-corrected chi connectivity index (χ4v) is 9.67. The third-order valence-electron chi connectivity index (χ3n) is 11.7. The number of carbonyl (C=O) groups excluding carboxylic acids is 1. The van der Waals surface area contributed by atoms with E-state index in [4.69, 9.17) is 14.6 Å². The Morgan fingerprint density at radius 3 is 2.26 bits per heavy atom. The molecule has 0 aromatic rings. The van der Waals surface area contributed by atoms with Crippen LogP contribution in [0, 0.1) is 46.3 Å². The fraction of sp³-hybridized carbons (Fsp3) is 0.935. The average Bonchev–Trinajstić information content (AvgIpc) is 3.26. The second kappa shape index (κ2) is 13.5. The highest BCUT2D eigenvalue weighted by atomic mass is 16.5. The number of nitrogens with one attached hydrogen (secondary N) is 2. The molecule has 0 aliphatic heterocycles. The second-order valence-corrected chi connectivity index (χ2v) is 13.6. The van der Waals surface area contributed by atoms with Crippen molar-refractivity contribution >= 4 is 12.0 Å². The molecule has 0 saturated heterocycles. The highest BCUT2D eigenvalue weighted by molar-refractivity contribution is 5.75. The quantitative estimate of drug-likeness (QED) is 0.244. The first-order valence-corrected chi connectivity index (χ1v) is 15.7. The minimum atomic E-state index is -1.05. The summed E-state index contributed by atoms with van der Waals surface area (Å²) in [6.45, 7) is 9.88. The Kier molecular flexibility index (Phi) is 10.6. The van der Waals surface area contributed by atoms with Crippen LogP contribution < -0.4 is 10.6 Å². The van der Waals surface area contributed by atoms with Crippen LogP contribution in [0.4, 0.5) is 4.79 Å². The van der Waals surface area contributed by atoms with Crippen molar-refractivity contribution in [2.45, 2.75) is 97.5 Å². The van der Waals surface area contributed by atoms with Gasteiger partial charge in [-0.15, -0.1) is 0 Å². The van der Waals surface area contributed by atoms with E-state index in [9.17, 15) is 14.7 Å². The third kappa shape index (κ3) is 7.10. The molecule has 0 spiro atoms. The molecule has 4 aliphatic carbocycles. The van der Waals surface area contributed by atoms with E-state index in [1.54, 1.807) is 0 Å². The van der Waals surface area contributed by atoms with Gasteiger partial charge in [0.2, 0.25) is 5.91 Å². The summed E-state index contributed by atoms with van der Waals surface area (Å²) < 4.78 is 10.8. The Balaban J connectivity index is 1.15. The van der Waals surface area contributed by atoms with Gasteiger partial charge in [-0.25, -0.2) is 4.79 Å². The Bertz CT molecular complexity index is 825. The lowest BCUT2D eigenvalue weighted by Gasteiger charge is -2.61. The van der Waals surface area contributed by atoms with Crippen molar-refractivity contribution in [2.75, 3.05) is 39.5 Å². The maximum atomic E-state index is 12.5. The predicted molar refractivity (Wildman–Crippen MR) is 150 cm³/mol. The standard InChI is InChI=1S/C31H54N2O6/c1-21(4-9-28(35)32-14-16-38-18-19-39-17-15-33-29(36)37)25-7-8-26-24-6-5-22-20-23(34)10-12-30(22,2)27(24)11-13-31(25,26)3/h21-27,33-34H,4-20H2,1-3H3,(H,32,35)(H,36,37)/t21-,22-,23-,24+,25-,26+,27+,30+,31-/m1/s1. The molecular weight excluding hydrogens is 496 g/mol. The summed E-state index contributed by atoms with van der Waals surface area (Å²) in [5.74, 6) is 4.62. The summed E-state index contributed by atoms with van der Waals surface area (Å²) in [6.07, 6.45) is 11.7. The molecule has 39 heavy (non-hydrogen) atoms. The zero-order valence-corrected chi connectivity index (χ0v) is 24.6. The number of amides is 2. The maximum Gasteiger partial charge on any atom is 0.404 e. The number of rotatable bonds is 13. The Morgan fingerprint density at radius 2 is 1.54 bits per heavy atom. The Labute approximate surface area is 235 Å². The molecule has 4 N–H and O–H groups in total. The Morgan fingerprint density at radius 1 is 0.872 bits per heavy atom. The molecule has 4 rings (SSSR count). The van der Waals surface area contributed by atoms with Crippen molar-refractivity contribution in [3.63, 3.8) is 0 Å². The molecule has 9 atom stereocenters. The van der Waals surface area contributed by atoms with Crippen LogP contribution in [0.1, 0.15) is 91.4 Å². The molecule has 4 fully saturated rings. The summed E-state index contributed by atoms with van der Waals surface area (Å²) in [4.78, 5) is 22.9. The molecule has 4 saturated carbocycles. The topological polar surface area (TPSA) is 117 Å². The van der Waals surface area contributed by atoms with Crippen molar-refractivity contribution < 1.29 is 29.3 Å². The van der Waals surface area contributed by atoms with Gasteiger partial charge in [-0.05, 0) is 111 Å². The van der Waals surface area contributed by atoms with E-state index in [1.165, 1.54) is 44.9 Å². The lowest BCUT2D eigenvalue weighted by molar-refractivity contribution is -0.130. The minimum Gasteiger partial charge on any atom is -0.465 e. The normalized spacial score (nSPS) is 38.3. The zero-order valence-electron chi connectivity index (χ0n) is 24.6. The van der Waals surface area contributed by atoms with E-state index in [2.05, 4.69) is 31.4 Å². The number of hydrogen-bond donors (Lipinski definition) is 4. The summed E-state index contributed by atoms with van der Waals surface area (Å²) in [6, 6.07) is 0. The molecule has 0 unspecified atom stereocenters. The monoisotopic (exact) mass is 550 g/mol. The zero-order chi connectivity index (χ0) is 28.0. The summed E-state index contributed by atoms with van der Waals surface area (Å²) in [5.41, 5.74) is 0.843.